The van der Waals surface area contributed by atoms with E-state index in [1.54, 1.807) is 0 Å². The van der Waals surface area contributed by atoms with Crippen LogP contribution >= 0.6 is 0 Å². The van der Waals surface area contributed by atoms with Crippen molar-refractivity contribution in [2.24, 2.45) is 28.5 Å². The molecule has 3 aliphatic heterocycles. The fourth-order valence-corrected chi connectivity index (χ4v) is 4.89. The lowest BCUT2D eigenvalue weighted by Crippen LogP contribution is -2.63. The molecule has 174 valence electrons. The van der Waals surface area contributed by atoms with Crippen molar-refractivity contribution in [3.8, 4) is 0 Å². The quantitative estimate of drug-likeness (QED) is 0.402. The van der Waals surface area contributed by atoms with Crippen LogP contribution in [0.3, 0.4) is 0 Å². The minimum absolute atomic E-state index is 0.0329. The Morgan fingerprint density at radius 3 is 2.68 bits per heavy atom. The minimum Gasteiger partial charge on any atom is -0.389 e. The van der Waals surface area contributed by atoms with Crippen LogP contribution in [0.4, 0.5) is 13.2 Å². The van der Waals surface area contributed by atoms with Crippen LogP contribution in [0.5, 0.6) is 0 Å². The minimum atomic E-state index is -4.34. The summed E-state index contributed by atoms with van der Waals surface area (Å²) in [5.74, 6) is 0.450. The van der Waals surface area contributed by atoms with Gasteiger partial charge in [-0.05, 0) is 18.9 Å². The number of carbonyl (C=O) groups is 1. The predicted octanol–water partition coefficient (Wildman–Crippen LogP) is -0.443. The largest absolute Gasteiger partial charge is 0.417 e. The number of dihydropyridines is 1. The zero-order chi connectivity index (χ0) is 22.2. The number of nitrogens with one attached hydrogen (secondary N) is 3. The zero-order valence-corrected chi connectivity index (χ0v) is 17.3. The van der Waals surface area contributed by atoms with Gasteiger partial charge in [0.1, 0.15) is 5.84 Å². The van der Waals surface area contributed by atoms with Crippen molar-refractivity contribution in [1.82, 2.24) is 20.9 Å². The molecule has 0 aromatic heterocycles. The molecule has 8 nitrogen and oxygen atoms in total. The second kappa shape index (κ2) is 9.05. The predicted molar refractivity (Wildman–Crippen MR) is 109 cm³/mol. The third-order valence-corrected chi connectivity index (χ3v) is 6.83. The molecule has 0 bridgehead atoms. The molecule has 4 rings (SSSR count). The van der Waals surface area contributed by atoms with Crippen LogP contribution in [0.2, 0.25) is 0 Å². The number of amidine groups is 1. The fourth-order valence-electron chi connectivity index (χ4n) is 4.89. The monoisotopic (exact) mass is 444 g/mol. The van der Waals surface area contributed by atoms with E-state index in [0.29, 0.717) is 13.1 Å². The molecule has 3 fully saturated rings. The molecule has 0 aromatic rings. The van der Waals surface area contributed by atoms with Gasteiger partial charge in [0.15, 0.2) is 6.17 Å². The van der Waals surface area contributed by atoms with Crippen LogP contribution < -0.4 is 21.7 Å². The first-order valence-corrected chi connectivity index (χ1v) is 11.0. The summed E-state index contributed by atoms with van der Waals surface area (Å²) in [5, 5.41) is 17.3. The van der Waals surface area contributed by atoms with E-state index in [4.69, 9.17) is 10.7 Å². The Morgan fingerprint density at radius 1 is 1.32 bits per heavy atom. The van der Waals surface area contributed by atoms with E-state index in [2.05, 4.69) is 22.0 Å². The summed E-state index contributed by atoms with van der Waals surface area (Å²) in [6.07, 6.45) is 0.274. The van der Waals surface area contributed by atoms with Gasteiger partial charge in [0, 0.05) is 56.5 Å². The van der Waals surface area contributed by atoms with Gasteiger partial charge in [0.05, 0.1) is 12.1 Å². The number of hydrogen-bond acceptors (Lipinski definition) is 7. The lowest BCUT2D eigenvalue weighted by atomic mass is 9.74. The summed E-state index contributed by atoms with van der Waals surface area (Å²) in [4.78, 5) is 19.7. The van der Waals surface area contributed by atoms with E-state index in [9.17, 15) is 23.1 Å². The smallest absolute Gasteiger partial charge is 0.389 e. The van der Waals surface area contributed by atoms with Crippen molar-refractivity contribution in [2.75, 3.05) is 32.7 Å². The van der Waals surface area contributed by atoms with Crippen molar-refractivity contribution >= 4 is 11.7 Å². The summed E-state index contributed by atoms with van der Waals surface area (Å²) < 4.78 is 38.2. The molecule has 1 aliphatic carbocycles. The average molecular weight is 445 g/mol. The number of nitrogens with two attached hydrogens (primary N) is 1. The maximum absolute atomic E-state index is 12.9. The molecule has 0 radical (unpaired) electrons. The lowest BCUT2D eigenvalue weighted by Gasteiger charge is -2.42. The number of carbonyl (C=O) groups excluding carboxylic acids is 1. The Balaban J connectivity index is 1.26. The highest BCUT2D eigenvalue weighted by Crippen LogP contribution is 2.36. The Bertz CT molecular complexity index is 716. The molecule has 0 aromatic carbocycles. The number of β-amino-alcohol motifs (C(OH)–C–C–N with tert-alkyl or cyclic N) is 1. The lowest BCUT2D eigenvalue weighted by molar-refractivity contribution is -0.168. The second-order valence-corrected chi connectivity index (χ2v) is 9.05. The molecule has 1 saturated carbocycles. The zero-order valence-electron chi connectivity index (χ0n) is 17.3. The van der Waals surface area contributed by atoms with Crippen molar-refractivity contribution in [1.29, 1.82) is 0 Å². The summed E-state index contributed by atoms with van der Waals surface area (Å²) >= 11 is 0. The van der Waals surface area contributed by atoms with E-state index < -0.39 is 18.4 Å². The maximum Gasteiger partial charge on any atom is 0.417 e. The number of likely N-dealkylation sites (tertiary alicyclic amines) is 1. The van der Waals surface area contributed by atoms with Gasteiger partial charge in [0.2, 0.25) is 5.91 Å². The van der Waals surface area contributed by atoms with Gasteiger partial charge in [0.25, 0.3) is 0 Å². The Morgan fingerprint density at radius 2 is 2.03 bits per heavy atom. The molecule has 0 spiro atoms. The van der Waals surface area contributed by atoms with Crippen LogP contribution in [0.15, 0.2) is 17.1 Å². The third kappa shape index (κ3) is 5.05. The van der Waals surface area contributed by atoms with Crippen LogP contribution in [-0.2, 0) is 4.79 Å². The van der Waals surface area contributed by atoms with Gasteiger partial charge in [-0.2, -0.15) is 13.2 Å². The normalized spacial score (nSPS) is 35.1. The first-order chi connectivity index (χ1) is 14.7. The molecule has 1 amide bonds. The number of halogens is 3. The van der Waals surface area contributed by atoms with Gasteiger partial charge >= 0.3 is 6.18 Å². The van der Waals surface area contributed by atoms with Crippen molar-refractivity contribution in [3.63, 3.8) is 0 Å². The number of hydrogen-bond donors (Lipinski definition) is 5. The fraction of sp³-hybridized carbons (Fsp3) is 0.800. The number of aliphatic hydroxyl groups is 1. The Labute approximate surface area is 179 Å². The number of aliphatic hydroxyl groups excluding tert-OH is 1. The number of nitrogens with zero attached hydrogens (tertiary/aromatic N) is 2. The first kappa shape index (κ1) is 22.5. The molecule has 4 unspecified atom stereocenters. The number of rotatable bonds is 4. The molecule has 4 aliphatic rings. The highest BCUT2D eigenvalue weighted by Gasteiger charge is 2.43. The van der Waals surface area contributed by atoms with Crippen LogP contribution in [0.25, 0.3) is 0 Å². The molecule has 2 saturated heterocycles. The van der Waals surface area contributed by atoms with E-state index >= 15 is 0 Å². The summed E-state index contributed by atoms with van der Waals surface area (Å²) in [7, 11) is 0. The molecule has 4 atom stereocenters. The van der Waals surface area contributed by atoms with Crippen molar-refractivity contribution in [3.05, 3.63) is 12.2 Å². The van der Waals surface area contributed by atoms with Gasteiger partial charge in [-0.15, -0.1) is 0 Å². The van der Waals surface area contributed by atoms with Gasteiger partial charge in [-0.3, -0.25) is 20.4 Å². The Kier molecular flexibility index (Phi) is 6.57. The summed E-state index contributed by atoms with van der Waals surface area (Å²) in [6, 6.07) is -0.385. The van der Waals surface area contributed by atoms with Crippen molar-refractivity contribution in [2.45, 2.75) is 49.8 Å². The SMILES string of the molecule is NC(CNC(=O)C1CCCC2N=C(N3CC(O)C3)C=CC21)C1CNC(C(F)(F)F)NC1. The summed E-state index contributed by atoms with van der Waals surface area (Å²) in [5.41, 5.74) is 6.16. The van der Waals surface area contributed by atoms with E-state index in [-0.39, 0.29) is 55.4 Å². The topological polar surface area (TPSA) is 115 Å². The van der Waals surface area contributed by atoms with Crippen LogP contribution in [0, 0.1) is 17.8 Å². The first-order valence-electron chi connectivity index (χ1n) is 11.0. The van der Waals surface area contributed by atoms with Crippen LogP contribution in [0.1, 0.15) is 19.3 Å². The van der Waals surface area contributed by atoms with Gasteiger partial charge in [-0.25, -0.2) is 0 Å². The van der Waals surface area contributed by atoms with E-state index in [1.165, 1.54) is 0 Å². The number of amides is 1. The molecule has 3 heterocycles. The molecular formula is C20H31F3N6O2. The van der Waals surface area contributed by atoms with Crippen molar-refractivity contribution < 1.29 is 23.1 Å². The maximum atomic E-state index is 12.9. The summed E-state index contributed by atoms with van der Waals surface area (Å²) in [6.45, 7) is 1.71. The molecule has 11 heteroatoms. The average Bonchev–Trinajstić information content (AvgIpc) is 2.73. The standard InChI is InChI=1S/C20H31F3N6O2/c21-20(22,23)19-26-6-11(7-27-19)15(24)8-25-18(31)14-2-1-3-16-13(14)4-5-17(28-16)29-9-12(30)10-29/h4-5,11-16,19,26-27,30H,1-3,6-10,24H2,(H,25,31). The highest BCUT2D eigenvalue weighted by molar-refractivity contribution is 5.94. The number of alkyl halides is 3. The van der Waals surface area contributed by atoms with Crippen LogP contribution in [-0.4, -0.2) is 85.0 Å². The molecule has 6 N–H and O–H groups in total. The molecule has 31 heavy (non-hydrogen) atoms. The second-order valence-electron chi connectivity index (χ2n) is 9.05. The Hall–Kier alpha value is -1.69. The number of aliphatic imine (C=N–C) groups is 1. The van der Waals surface area contributed by atoms with Gasteiger partial charge in [-0.1, -0.05) is 12.5 Å². The highest BCUT2D eigenvalue weighted by atomic mass is 19.4. The molecular weight excluding hydrogens is 413 g/mol. The number of fused-ring (bicyclic) bond motifs is 1. The van der Waals surface area contributed by atoms with E-state index in [0.717, 1.165) is 25.1 Å². The van der Waals surface area contributed by atoms with Gasteiger partial charge < -0.3 is 21.1 Å². The van der Waals surface area contributed by atoms with E-state index in [1.807, 2.05) is 11.0 Å². The third-order valence-electron chi connectivity index (χ3n) is 6.83.